The zero-order valence-corrected chi connectivity index (χ0v) is 11.9. The Balaban J connectivity index is 2.18. The Morgan fingerprint density at radius 2 is 2.28 bits per heavy atom. The van der Waals surface area contributed by atoms with Gasteiger partial charge in [-0.05, 0) is 40.5 Å². The maximum absolute atomic E-state index is 12.4. The molecule has 1 saturated heterocycles. The van der Waals surface area contributed by atoms with Crippen LogP contribution in [0.25, 0.3) is 0 Å². The summed E-state index contributed by atoms with van der Waals surface area (Å²) in [7, 11) is 0. The quantitative estimate of drug-likeness (QED) is 0.894. The van der Waals surface area contributed by atoms with Crippen molar-refractivity contribution in [1.82, 2.24) is 10.2 Å². The Morgan fingerprint density at radius 1 is 1.56 bits per heavy atom. The van der Waals surface area contributed by atoms with Gasteiger partial charge in [-0.3, -0.25) is 4.79 Å². The lowest BCUT2D eigenvalue weighted by Crippen LogP contribution is -2.59. The van der Waals surface area contributed by atoms with Crippen LogP contribution in [0.4, 0.5) is 0 Å². The predicted octanol–water partition coefficient (Wildman–Crippen LogP) is 1.98. The van der Waals surface area contributed by atoms with Crippen molar-refractivity contribution in [2.75, 3.05) is 19.6 Å². The van der Waals surface area contributed by atoms with E-state index in [1.54, 1.807) is 12.1 Å². The number of halogens is 1. The zero-order chi connectivity index (χ0) is 13.1. The van der Waals surface area contributed by atoms with Gasteiger partial charge < -0.3 is 15.3 Å². The monoisotopic (exact) mass is 312 g/mol. The maximum atomic E-state index is 12.4. The lowest BCUT2D eigenvalue weighted by molar-refractivity contribution is 0.0615. The number of phenols is 1. The Morgan fingerprint density at radius 3 is 2.78 bits per heavy atom. The van der Waals surface area contributed by atoms with Crippen molar-refractivity contribution in [3.8, 4) is 5.75 Å². The van der Waals surface area contributed by atoms with E-state index in [4.69, 9.17) is 0 Å². The van der Waals surface area contributed by atoms with E-state index in [1.165, 1.54) is 6.07 Å². The molecule has 1 aromatic carbocycles. The summed E-state index contributed by atoms with van der Waals surface area (Å²) in [5.41, 5.74) is 0.538. The molecule has 0 aromatic heterocycles. The van der Waals surface area contributed by atoms with Crippen molar-refractivity contribution in [3.63, 3.8) is 0 Å². The third-order valence-electron chi connectivity index (χ3n) is 3.12. The first-order valence-electron chi connectivity index (χ1n) is 6.13. The predicted molar refractivity (Wildman–Crippen MR) is 73.8 cm³/mol. The number of rotatable bonds is 4. The molecule has 0 unspecified atom stereocenters. The largest absolute Gasteiger partial charge is 0.507 e. The van der Waals surface area contributed by atoms with Crippen LogP contribution in [0, 0.1) is 0 Å². The van der Waals surface area contributed by atoms with Gasteiger partial charge in [0.2, 0.25) is 0 Å². The standard InChI is InChI=1S/C13H17BrN2O2/c1-2-5-16(10-7-15-8-10)13(18)9-3-4-11(14)12(17)6-9/h3-4,6,10,15,17H,2,5,7-8H2,1H3. The summed E-state index contributed by atoms with van der Waals surface area (Å²) in [5.74, 6) is 0.0928. The molecule has 1 heterocycles. The fraction of sp³-hybridized carbons (Fsp3) is 0.462. The van der Waals surface area contributed by atoms with E-state index in [0.717, 1.165) is 26.1 Å². The maximum Gasteiger partial charge on any atom is 0.254 e. The lowest BCUT2D eigenvalue weighted by atomic mass is 10.1. The summed E-state index contributed by atoms with van der Waals surface area (Å²) in [6.07, 6.45) is 0.935. The molecule has 0 saturated carbocycles. The molecule has 0 spiro atoms. The van der Waals surface area contributed by atoms with Crippen molar-refractivity contribution in [3.05, 3.63) is 28.2 Å². The van der Waals surface area contributed by atoms with Gasteiger partial charge in [-0.2, -0.15) is 0 Å². The van der Waals surface area contributed by atoms with Gasteiger partial charge in [-0.15, -0.1) is 0 Å². The van der Waals surface area contributed by atoms with Gasteiger partial charge in [-0.1, -0.05) is 6.92 Å². The average Bonchev–Trinajstić information content (AvgIpc) is 2.29. The molecule has 0 aliphatic carbocycles. The Kier molecular flexibility index (Phi) is 4.24. The molecule has 18 heavy (non-hydrogen) atoms. The molecule has 2 rings (SSSR count). The first kappa shape index (κ1) is 13.4. The number of nitrogens with zero attached hydrogens (tertiary/aromatic N) is 1. The SMILES string of the molecule is CCCN(C(=O)c1ccc(Br)c(O)c1)C1CNC1. The molecule has 4 nitrogen and oxygen atoms in total. The molecule has 2 N–H and O–H groups in total. The van der Waals surface area contributed by atoms with Crippen LogP contribution in [-0.4, -0.2) is 41.6 Å². The van der Waals surface area contributed by atoms with E-state index < -0.39 is 0 Å². The second-order valence-electron chi connectivity index (χ2n) is 4.48. The van der Waals surface area contributed by atoms with E-state index >= 15 is 0 Å². The van der Waals surface area contributed by atoms with Gasteiger partial charge in [-0.25, -0.2) is 0 Å². The Bertz CT molecular complexity index is 447. The average molecular weight is 313 g/mol. The number of aromatic hydroxyl groups is 1. The van der Waals surface area contributed by atoms with Crippen molar-refractivity contribution < 1.29 is 9.90 Å². The number of phenolic OH excluding ortho intramolecular Hbond substituents is 1. The highest BCUT2D eigenvalue weighted by atomic mass is 79.9. The highest BCUT2D eigenvalue weighted by Crippen LogP contribution is 2.25. The Hall–Kier alpha value is -1.07. The molecule has 0 radical (unpaired) electrons. The summed E-state index contributed by atoms with van der Waals surface area (Å²) >= 11 is 3.22. The van der Waals surface area contributed by atoms with Crippen LogP contribution in [0.15, 0.2) is 22.7 Å². The van der Waals surface area contributed by atoms with Gasteiger partial charge in [0, 0.05) is 25.2 Å². The number of hydrogen-bond donors (Lipinski definition) is 2. The van der Waals surface area contributed by atoms with Crippen LogP contribution in [0.3, 0.4) is 0 Å². The van der Waals surface area contributed by atoms with E-state index in [2.05, 4.69) is 28.2 Å². The first-order valence-corrected chi connectivity index (χ1v) is 6.93. The summed E-state index contributed by atoms with van der Waals surface area (Å²) in [6.45, 7) is 4.52. The van der Waals surface area contributed by atoms with Gasteiger partial charge >= 0.3 is 0 Å². The summed E-state index contributed by atoms with van der Waals surface area (Å²) in [4.78, 5) is 14.3. The van der Waals surface area contributed by atoms with E-state index in [0.29, 0.717) is 10.0 Å². The van der Waals surface area contributed by atoms with Crippen molar-refractivity contribution in [2.45, 2.75) is 19.4 Å². The minimum atomic E-state index is -0.00819. The molecule has 1 amide bonds. The molecule has 0 atom stereocenters. The number of hydrogen-bond acceptors (Lipinski definition) is 3. The van der Waals surface area contributed by atoms with Gasteiger partial charge in [0.05, 0.1) is 10.5 Å². The van der Waals surface area contributed by atoms with Crippen LogP contribution in [-0.2, 0) is 0 Å². The van der Waals surface area contributed by atoms with Crippen LogP contribution in [0.5, 0.6) is 5.75 Å². The fourth-order valence-electron chi connectivity index (χ4n) is 2.00. The normalized spacial score (nSPS) is 15.2. The highest BCUT2D eigenvalue weighted by Gasteiger charge is 2.28. The molecular weight excluding hydrogens is 296 g/mol. The minimum Gasteiger partial charge on any atom is -0.507 e. The topological polar surface area (TPSA) is 52.6 Å². The van der Waals surface area contributed by atoms with Crippen LogP contribution in [0.1, 0.15) is 23.7 Å². The molecule has 1 aliphatic heterocycles. The Labute approximate surface area is 115 Å². The van der Waals surface area contributed by atoms with Crippen LogP contribution < -0.4 is 5.32 Å². The van der Waals surface area contributed by atoms with Gasteiger partial charge in [0.15, 0.2) is 0 Å². The van der Waals surface area contributed by atoms with E-state index in [9.17, 15) is 9.90 Å². The molecule has 0 bridgehead atoms. The molecule has 98 valence electrons. The fourth-order valence-corrected chi connectivity index (χ4v) is 2.24. The molecule has 1 aromatic rings. The number of carbonyl (C=O) groups is 1. The number of amides is 1. The zero-order valence-electron chi connectivity index (χ0n) is 10.3. The summed E-state index contributed by atoms with van der Waals surface area (Å²) < 4.78 is 0.603. The third-order valence-corrected chi connectivity index (χ3v) is 3.79. The van der Waals surface area contributed by atoms with Crippen molar-refractivity contribution >= 4 is 21.8 Å². The van der Waals surface area contributed by atoms with E-state index in [-0.39, 0.29) is 17.7 Å². The van der Waals surface area contributed by atoms with Crippen molar-refractivity contribution in [1.29, 1.82) is 0 Å². The van der Waals surface area contributed by atoms with Gasteiger partial charge in [0.1, 0.15) is 5.75 Å². The highest BCUT2D eigenvalue weighted by molar-refractivity contribution is 9.10. The second-order valence-corrected chi connectivity index (χ2v) is 5.33. The first-order chi connectivity index (χ1) is 8.63. The number of carbonyl (C=O) groups excluding carboxylic acids is 1. The molecule has 5 heteroatoms. The smallest absolute Gasteiger partial charge is 0.254 e. The van der Waals surface area contributed by atoms with E-state index in [1.807, 2.05) is 4.90 Å². The van der Waals surface area contributed by atoms with Crippen LogP contribution >= 0.6 is 15.9 Å². The van der Waals surface area contributed by atoms with Gasteiger partial charge in [0.25, 0.3) is 5.91 Å². The summed E-state index contributed by atoms with van der Waals surface area (Å²) in [5, 5.41) is 12.8. The summed E-state index contributed by atoms with van der Waals surface area (Å²) in [6, 6.07) is 5.23. The van der Waals surface area contributed by atoms with Crippen molar-refractivity contribution in [2.24, 2.45) is 0 Å². The van der Waals surface area contributed by atoms with Crippen LogP contribution in [0.2, 0.25) is 0 Å². The second kappa shape index (κ2) is 5.71. The molecule has 1 aliphatic rings. The molecule has 1 fully saturated rings. The minimum absolute atomic E-state index is 0.00819. The lowest BCUT2D eigenvalue weighted by Gasteiger charge is -2.38. The molecular formula is C13H17BrN2O2. The number of benzene rings is 1. The third kappa shape index (κ3) is 2.67. The number of nitrogens with one attached hydrogen (secondary N) is 1.